The molecule has 0 radical (unpaired) electrons. The van der Waals surface area contributed by atoms with Gasteiger partial charge in [0.1, 0.15) is 43.2 Å². The second-order valence-electron chi connectivity index (χ2n) is 12.7. The fraction of sp³-hybridized carbons (Fsp3) is 0.641. The van der Waals surface area contributed by atoms with E-state index in [9.17, 15) is 44.0 Å². The molecule has 16 nitrogen and oxygen atoms in total. The largest absolute Gasteiger partial charge is 0.472 e. The standard InChI is InChI=1S/C39H52O16P2.H2S.11H2/c1-3-5-7-9-11-13-15-16-18-20-22-24-26-28-33(41)53-31(29-51-32(40)27-25-23-21-19-17-14-12-10-8-6-4-2)30-52-57(49,50)55-39-36(44)34(42)35(43)38(37(39)45)54-56(46,47)48;;;;;;;;;;;;/h31,34-39,42-45H,3,5,7,9,11,13,15-16,18,20,22,24,26,28-30H2,1-2H3,(H,49,50)(H2,46,47,48);1H2;11*1H/t31-,34+,35?,36?,37-,38-,39?;;;;;;;;;;;;/m1............/s1. The third-order valence-corrected chi connectivity index (χ3v) is 9.52. The molecule has 0 aromatic heterocycles. The van der Waals surface area contributed by atoms with Gasteiger partial charge in [0.15, 0.2) is 6.10 Å². The molecule has 0 heterocycles. The number of carbonyl (C=O) groups excluding carboxylic acids is 2. The van der Waals surface area contributed by atoms with Crippen LogP contribution in [0, 0.1) is 71.0 Å². The smallest absolute Gasteiger partial charge is 0.456 e. The van der Waals surface area contributed by atoms with Crippen molar-refractivity contribution in [1.29, 1.82) is 0 Å². The topological polar surface area (TPSA) is 256 Å². The van der Waals surface area contributed by atoms with Gasteiger partial charge in [-0.05, 0) is 72.5 Å². The van der Waals surface area contributed by atoms with Gasteiger partial charge in [-0.25, -0.2) is 13.9 Å². The Morgan fingerprint density at radius 3 is 1.55 bits per heavy atom. The third-order valence-electron chi connectivity index (χ3n) is 8.02. The van der Waals surface area contributed by atoms with E-state index in [1.165, 1.54) is 44.9 Å². The first-order valence-electron chi connectivity index (χ1n) is 18.5. The van der Waals surface area contributed by atoms with Gasteiger partial charge in [-0.3, -0.25) is 18.4 Å². The molecule has 0 spiro atoms. The minimum absolute atomic E-state index is 0. The SMILES string of the molecule is CC#CC#CC#CC#CC#CC#CC(=O)OC[C@H](COP(=O)(O)OC1C(O)[C@@H](O)C(O)[C@@H](OP(=O)(O)O)[C@H]1O)OC(=O)CCCCCCCCCCCCCCC.S.[HH].[HH].[HH].[HH].[HH].[HH].[HH].[HH].[HH].[HH].[HH]. The average molecular weight is 895 g/mol. The Balaban J connectivity index is -0.000000271. The molecule has 1 saturated carbocycles. The van der Waals surface area contributed by atoms with Crippen LogP contribution in [0.15, 0.2) is 0 Å². The number of phosphoric acid groups is 2. The fourth-order valence-corrected chi connectivity index (χ4v) is 6.74. The van der Waals surface area contributed by atoms with Crippen molar-refractivity contribution in [2.24, 2.45) is 0 Å². The summed E-state index contributed by atoms with van der Waals surface area (Å²) >= 11 is 0. The third kappa shape index (κ3) is 25.9. The Labute approximate surface area is 364 Å². The minimum atomic E-state index is -5.39. The fourth-order valence-electron chi connectivity index (χ4n) is 5.20. The summed E-state index contributed by atoms with van der Waals surface area (Å²) in [5.74, 6) is 26.6. The summed E-state index contributed by atoms with van der Waals surface area (Å²) in [6, 6.07) is 0. The first kappa shape index (κ1) is 54.7. The van der Waals surface area contributed by atoms with Crippen LogP contribution < -0.4 is 0 Å². The monoisotopic (exact) mass is 894 g/mol. The number of ether oxygens (including phenoxy) is 2. The zero-order valence-corrected chi connectivity index (χ0v) is 35.3. The molecule has 19 heteroatoms. The molecule has 1 aliphatic carbocycles. The van der Waals surface area contributed by atoms with Gasteiger partial charge < -0.3 is 44.6 Å². The molecule has 58 heavy (non-hydrogen) atoms. The second kappa shape index (κ2) is 31.6. The predicted molar refractivity (Wildman–Crippen MR) is 239 cm³/mol. The number of aliphatic hydroxyl groups is 4. The molecule has 0 aromatic rings. The van der Waals surface area contributed by atoms with Crippen molar-refractivity contribution >= 4 is 41.1 Å². The number of esters is 2. The molecule has 1 rings (SSSR count). The van der Waals surface area contributed by atoms with Gasteiger partial charge in [0.25, 0.3) is 0 Å². The van der Waals surface area contributed by atoms with Crippen LogP contribution in [0.5, 0.6) is 0 Å². The van der Waals surface area contributed by atoms with Gasteiger partial charge >= 0.3 is 27.6 Å². The molecule has 1 aliphatic rings. The lowest BCUT2D eigenvalue weighted by atomic mass is 9.85. The molecule has 0 aromatic carbocycles. The summed E-state index contributed by atoms with van der Waals surface area (Å²) in [4.78, 5) is 53.5. The van der Waals surface area contributed by atoms with Crippen molar-refractivity contribution in [1.82, 2.24) is 0 Å². The lowest BCUT2D eigenvalue weighted by molar-refractivity contribution is -0.216. The first-order valence-corrected chi connectivity index (χ1v) is 21.5. The molecule has 1 fully saturated rings. The van der Waals surface area contributed by atoms with Gasteiger partial charge in [-0.15, -0.1) is 0 Å². The number of hydrogen-bond acceptors (Lipinski definition) is 13. The normalized spacial score (nSPS) is 20.8. The maximum atomic E-state index is 12.9. The van der Waals surface area contributed by atoms with E-state index in [-0.39, 0.29) is 35.6 Å². The van der Waals surface area contributed by atoms with E-state index < -0.39 is 83.5 Å². The molecule has 4 unspecified atom stereocenters. The van der Waals surface area contributed by atoms with E-state index >= 15 is 0 Å². The molecular weight excluding hydrogens is 818 g/mol. The van der Waals surface area contributed by atoms with Crippen LogP contribution in [0.4, 0.5) is 0 Å². The highest BCUT2D eigenvalue weighted by molar-refractivity contribution is 7.59. The Kier molecular flexibility index (Phi) is 29.8. The molecule has 0 saturated heterocycles. The van der Waals surface area contributed by atoms with Crippen molar-refractivity contribution in [3.8, 4) is 71.0 Å². The molecule has 0 aliphatic heterocycles. The number of phosphoric ester groups is 2. The van der Waals surface area contributed by atoms with Crippen LogP contribution in [-0.4, -0.2) is 103 Å². The average Bonchev–Trinajstić information content (AvgIpc) is 3.16. The summed E-state index contributed by atoms with van der Waals surface area (Å²) < 4.78 is 48.4. The predicted octanol–water partition coefficient (Wildman–Crippen LogP) is 5.22. The quantitative estimate of drug-likeness (QED) is 0.0216. The van der Waals surface area contributed by atoms with Crippen LogP contribution >= 0.6 is 29.1 Å². The molecular formula is C39H76O16P2S. The Bertz CT molecular complexity index is 1790. The van der Waals surface area contributed by atoms with Crippen molar-refractivity contribution in [3.63, 3.8) is 0 Å². The number of carbonyl (C=O) groups is 2. The van der Waals surface area contributed by atoms with Crippen LogP contribution in [0.25, 0.3) is 0 Å². The Morgan fingerprint density at radius 2 is 1.07 bits per heavy atom. The summed E-state index contributed by atoms with van der Waals surface area (Å²) in [6.45, 7) is 2.15. The second-order valence-corrected chi connectivity index (χ2v) is 15.3. The highest BCUT2D eigenvalue weighted by Crippen LogP contribution is 2.49. The number of hydrogen-bond donors (Lipinski definition) is 7. The van der Waals surface area contributed by atoms with Crippen molar-refractivity contribution in [2.45, 2.75) is 146 Å². The van der Waals surface area contributed by atoms with E-state index in [1.807, 2.05) is 0 Å². The van der Waals surface area contributed by atoms with E-state index in [0.717, 1.165) is 32.1 Å². The number of rotatable bonds is 24. The molecule has 0 bridgehead atoms. The van der Waals surface area contributed by atoms with Crippen molar-refractivity contribution in [3.05, 3.63) is 0 Å². The maximum Gasteiger partial charge on any atom is 0.472 e. The van der Waals surface area contributed by atoms with Gasteiger partial charge in [-0.1, -0.05) is 89.9 Å². The Hall–Kier alpha value is -3.29. The van der Waals surface area contributed by atoms with Crippen LogP contribution in [-0.2, 0) is 41.8 Å². The highest BCUT2D eigenvalue weighted by Gasteiger charge is 2.54. The molecule has 344 valence electrons. The first-order chi connectivity index (χ1) is 27.1. The number of aliphatic hydroxyl groups excluding tert-OH is 4. The summed E-state index contributed by atoms with van der Waals surface area (Å²) in [6.07, 6.45) is -1.05. The summed E-state index contributed by atoms with van der Waals surface area (Å²) in [5.41, 5.74) is 0. The maximum absolute atomic E-state index is 12.9. The Morgan fingerprint density at radius 1 is 0.621 bits per heavy atom. The number of unbranched alkanes of at least 4 members (excludes halogenated alkanes) is 12. The zero-order chi connectivity index (χ0) is 42.5. The van der Waals surface area contributed by atoms with E-state index in [4.69, 9.17) is 28.3 Å². The van der Waals surface area contributed by atoms with Gasteiger partial charge in [0.2, 0.25) is 0 Å². The molecule has 8 atom stereocenters. The van der Waals surface area contributed by atoms with Crippen molar-refractivity contribution in [2.75, 3.05) is 13.2 Å². The van der Waals surface area contributed by atoms with E-state index in [0.29, 0.717) is 6.42 Å². The lowest BCUT2D eigenvalue weighted by Gasteiger charge is -2.43. The van der Waals surface area contributed by atoms with Crippen LogP contribution in [0.3, 0.4) is 0 Å². The molecule has 7 N–H and O–H groups in total. The van der Waals surface area contributed by atoms with Crippen LogP contribution in [0.1, 0.15) is 119 Å². The minimum Gasteiger partial charge on any atom is -0.456 e. The van der Waals surface area contributed by atoms with Crippen molar-refractivity contribution < 1.29 is 92.6 Å². The van der Waals surface area contributed by atoms with E-state index in [2.05, 4.69) is 82.5 Å². The zero-order valence-electron chi connectivity index (χ0n) is 32.6. The van der Waals surface area contributed by atoms with Crippen LogP contribution in [0.2, 0.25) is 0 Å². The lowest BCUT2D eigenvalue weighted by Crippen LogP contribution is -2.64. The van der Waals surface area contributed by atoms with Gasteiger partial charge in [0, 0.05) is 28.0 Å². The van der Waals surface area contributed by atoms with Gasteiger partial charge in [-0.2, -0.15) is 13.5 Å². The van der Waals surface area contributed by atoms with Gasteiger partial charge in [0.05, 0.1) is 6.61 Å². The summed E-state index contributed by atoms with van der Waals surface area (Å²) in [7, 11) is -10.8. The molecule has 0 amide bonds. The van der Waals surface area contributed by atoms with E-state index in [1.54, 1.807) is 6.92 Å². The summed E-state index contributed by atoms with van der Waals surface area (Å²) in [5, 5.41) is 40.9. The highest BCUT2D eigenvalue weighted by atomic mass is 32.1.